The van der Waals surface area contributed by atoms with Crippen LogP contribution in [0.3, 0.4) is 0 Å². The van der Waals surface area contributed by atoms with Crippen molar-refractivity contribution < 1.29 is 4.52 Å². The molecule has 0 atom stereocenters. The number of aromatic nitrogens is 3. The molecule has 100 valence electrons. The van der Waals surface area contributed by atoms with Crippen LogP contribution in [-0.4, -0.2) is 15.1 Å². The number of nitrogen functional groups attached to an aromatic ring is 1. The molecule has 2 aromatic heterocycles. The van der Waals surface area contributed by atoms with E-state index < -0.39 is 0 Å². The predicted octanol–water partition coefficient (Wildman–Crippen LogP) is 1.98. The maximum atomic E-state index is 11.9. The summed E-state index contributed by atoms with van der Waals surface area (Å²) in [6.45, 7) is 1.80. The molecule has 3 N–H and O–H groups in total. The van der Waals surface area contributed by atoms with Gasteiger partial charge in [0.15, 0.2) is 5.43 Å². The number of aryl methyl sites for hydroxylation is 1. The van der Waals surface area contributed by atoms with Crippen LogP contribution in [0.2, 0.25) is 0 Å². The van der Waals surface area contributed by atoms with Gasteiger partial charge in [0.05, 0.1) is 0 Å². The molecule has 6 nitrogen and oxygen atoms in total. The standard InChI is InChI=1S/C14H12N4O2/c1-8-6-12(19)10(7-16-8)14-17-13(18-20-14)9-4-2-3-5-11(9)15/h2-7H,15H2,1H3,(H,16,19). The van der Waals surface area contributed by atoms with Crippen LogP contribution >= 0.6 is 0 Å². The van der Waals surface area contributed by atoms with Gasteiger partial charge in [0, 0.05) is 29.2 Å². The Morgan fingerprint density at radius 3 is 2.80 bits per heavy atom. The lowest BCUT2D eigenvalue weighted by atomic mass is 10.2. The van der Waals surface area contributed by atoms with Crippen LogP contribution in [-0.2, 0) is 0 Å². The second-order valence-electron chi connectivity index (χ2n) is 4.40. The molecule has 0 saturated carbocycles. The first-order valence-electron chi connectivity index (χ1n) is 6.03. The third-order valence-electron chi connectivity index (χ3n) is 2.92. The Morgan fingerprint density at radius 1 is 1.25 bits per heavy atom. The van der Waals surface area contributed by atoms with Crippen LogP contribution in [0.5, 0.6) is 0 Å². The number of hydrogen-bond acceptors (Lipinski definition) is 5. The van der Waals surface area contributed by atoms with E-state index in [2.05, 4.69) is 15.1 Å². The number of aromatic amines is 1. The molecule has 0 aliphatic carbocycles. The Labute approximate surface area is 114 Å². The van der Waals surface area contributed by atoms with Crippen molar-refractivity contribution in [2.24, 2.45) is 0 Å². The maximum absolute atomic E-state index is 11.9. The molecule has 0 bridgehead atoms. The summed E-state index contributed by atoms with van der Waals surface area (Å²) >= 11 is 0. The third kappa shape index (κ3) is 2.07. The van der Waals surface area contributed by atoms with Crippen molar-refractivity contribution in [3.05, 3.63) is 52.4 Å². The molecule has 0 saturated heterocycles. The summed E-state index contributed by atoms with van der Waals surface area (Å²) in [7, 11) is 0. The minimum atomic E-state index is -0.169. The number of nitrogens with one attached hydrogen (secondary N) is 1. The highest BCUT2D eigenvalue weighted by Gasteiger charge is 2.14. The normalized spacial score (nSPS) is 10.7. The van der Waals surface area contributed by atoms with Crippen molar-refractivity contribution in [1.29, 1.82) is 0 Å². The first-order chi connectivity index (χ1) is 9.65. The highest BCUT2D eigenvalue weighted by atomic mass is 16.5. The number of nitrogens with zero attached hydrogens (tertiary/aromatic N) is 2. The second-order valence-corrected chi connectivity index (χ2v) is 4.40. The number of H-pyrrole nitrogens is 1. The Hall–Kier alpha value is -2.89. The van der Waals surface area contributed by atoms with Gasteiger partial charge in [0.1, 0.15) is 5.56 Å². The maximum Gasteiger partial charge on any atom is 0.263 e. The SMILES string of the molecule is Cc1cc(=O)c(-c2nc(-c3ccccc3N)no2)c[nH]1. The smallest absolute Gasteiger partial charge is 0.263 e. The highest BCUT2D eigenvalue weighted by Crippen LogP contribution is 2.24. The Balaban J connectivity index is 2.07. The molecular weight excluding hydrogens is 256 g/mol. The van der Waals surface area contributed by atoms with Crippen LogP contribution in [0, 0.1) is 6.92 Å². The summed E-state index contributed by atoms with van der Waals surface area (Å²) in [4.78, 5) is 19.1. The van der Waals surface area contributed by atoms with Gasteiger partial charge in [-0.25, -0.2) is 0 Å². The fourth-order valence-corrected chi connectivity index (χ4v) is 1.88. The first-order valence-corrected chi connectivity index (χ1v) is 6.03. The van der Waals surface area contributed by atoms with E-state index in [9.17, 15) is 4.79 Å². The minimum absolute atomic E-state index is 0.169. The van der Waals surface area contributed by atoms with Crippen molar-refractivity contribution in [1.82, 2.24) is 15.1 Å². The fraction of sp³-hybridized carbons (Fsp3) is 0.0714. The molecule has 0 radical (unpaired) electrons. The summed E-state index contributed by atoms with van der Waals surface area (Å²) in [5, 5.41) is 3.87. The van der Waals surface area contributed by atoms with Crippen molar-refractivity contribution in [2.45, 2.75) is 6.92 Å². The van der Waals surface area contributed by atoms with Gasteiger partial charge < -0.3 is 15.2 Å². The van der Waals surface area contributed by atoms with Crippen molar-refractivity contribution in [2.75, 3.05) is 5.73 Å². The summed E-state index contributed by atoms with van der Waals surface area (Å²) in [6, 6.07) is 8.69. The van der Waals surface area contributed by atoms with Crippen molar-refractivity contribution >= 4 is 5.69 Å². The van der Waals surface area contributed by atoms with E-state index in [1.165, 1.54) is 6.07 Å². The van der Waals surface area contributed by atoms with Gasteiger partial charge in [0.25, 0.3) is 5.89 Å². The minimum Gasteiger partial charge on any atom is -0.398 e. The largest absolute Gasteiger partial charge is 0.398 e. The monoisotopic (exact) mass is 268 g/mol. The quantitative estimate of drug-likeness (QED) is 0.692. The van der Waals surface area contributed by atoms with Crippen LogP contribution in [0.15, 0.2) is 45.8 Å². The average molecular weight is 268 g/mol. The van der Waals surface area contributed by atoms with Crippen LogP contribution in [0.25, 0.3) is 22.8 Å². The molecule has 0 aliphatic rings. The zero-order valence-electron chi connectivity index (χ0n) is 10.8. The van der Waals surface area contributed by atoms with Gasteiger partial charge in [-0.15, -0.1) is 0 Å². The molecule has 1 aromatic carbocycles. The van der Waals surface area contributed by atoms with Crippen LogP contribution < -0.4 is 11.2 Å². The van der Waals surface area contributed by atoms with E-state index in [-0.39, 0.29) is 11.3 Å². The number of para-hydroxylation sites is 1. The summed E-state index contributed by atoms with van der Waals surface area (Å²) in [6.07, 6.45) is 1.56. The molecule has 0 aliphatic heterocycles. The lowest BCUT2D eigenvalue weighted by molar-refractivity contribution is 0.432. The lowest BCUT2D eigenvalue weighted by Gasteiger charge is -1.98. The number of rotatable bonds is 2. The Kier molecular flexibility index (Phi) is 2.83. The molecule has 3 rings (SSSR count). The van der Waals surface area contributed by atoms with Crippen molar-refractivity contribution in [3.63, 3.8) is 0 Å². The molecular formula is C14H12N4O2. The predicted molar refractivity (Wildman–Crippen MR) is 74.9 cm³/mol. The Bertz CT molecular complexity index is 820. The van der Waals surface area contributed by atoms with Crippen LogP contribution in [0.4, 0.5) is 5.69 Å². The third-order valence-corrected chi connectivity index (χ3v) is 2.92. The first kappa shape index (κ1) is 12.2. The van der Waals surface area contributed by atoms with E-state index in [1.807, 2.05) is 12.1 Å². The van der Waals surface area contributed by atoms with Crippen molar-refractivity contribution in [3.8, 4) is 22.8 Å². The number of anilines is 1. The summed E-state index contributed by atoms with van der Waals surface area (Å²) < 4.78 is 5.14. The number of nitrogens with two attached hydrogens (primary N) is 1. The van der Waals surface area contributed by atoms with Gasteiger partial charge in [0.2, 0.25) is 5.82 Å². The Morgan fingerprint density at radius 2 is 2.05 bits per heavy atom. The molecule has 0 spiro atoms. The van der Waals surface area contributed by atoms with E-state index in [1.54, 1.807) is 25.3 Å². The summed E-state index contributed by atoms with van der Waals surface area (Å²) in [5.41, 5.74) is 8.02. The average Bonchev–Trinajstić information content (AvgIpc) is 2.88. The van der Waals surface area contributed by atoms with E-state index >= 15 is 0 Å². The van der Waals surface area contributed by atoms with Crippen LogP contribution in [0.1, 0.15) is 5.69 Å². The lowest BCUT2D eigenvalue weighted by Crippen LogP contribution is -2.05. The van der Waals surface area contributed by atoms with E-state index in [0.29, 0.717) is 22.6 Å². The molecule has 0 amide bonds. The number of benzene rings is 1. The van der Waals surface area contributed by atoms with Gasteiger partial charge >= 0.3 is 0 Å². The number of pyridine rings is 1. The van der Waals surface area contributed by atoms with Gasteiger partial charge in [-0.3, -0.25) is 4.79 Å². The van der Waals surface area contributed by atoms with Gasteiger partial charge in [-0.05, 0) is 19.1 Å². The zero-order valence-corrected chi connectivity index (χ0v) is 10.8. The molecule has 0 fully saturated rings. The molecule has 6 heteroatoms. The molecule has 3 aromatic rings. The fourth-order valence-electron chi connectivity index (χ4n) is 1.88. The molecule has 0 unspecified atom stereocenters. The second kappa shape index (κ2) is 4.65. The summed E-state index contributed by atoms with van der Waals surface area (Å²) in [5.74, 6) is 0.530. The molecule has 20 heavy (non-hydrogen) atoms. The highest BCUT2D eigenvalue weighted by molar-refractivity contribution is 5.71. The van der Waals surface area contributed by atoms with E-state index in [4.69, 9.17) is 10.3 Å². The molecule has 2 heterocycles. The van der Waals surface area contributed by atoms with Gasteiger partial charge in [-0.1, -0.05) is 17.3 Å². The van der Waals surface area contributed by atoms with E-state index in [0.717, 1.165) is 5.69 Å². The zero-order chi connectivity index (χ0) is 14.1. The topological polar surface area (TPSA) is 97.8 Å². The number of hydrogen-bond donors (Lipinski definition) is 2. The van der Waals surface area contributed by atoms with Gasteiger partial charge in [-0.2, -0.15) is 4.98 Å².